The second kappa shape index (κ2) is 10.9. The van der Waals surface area contributed by atoms with Gasteiger partial charge in [-0.25, -0.2) is 4.39 Å². The van der Waals surface area contributed by atoms with E-state index in [0.717, 1.165) is 55.9 Å². The molecule has 0 bridgehead atoms. The highest BCUT2D eigenvalue weighted by atomic mass is 32.2. The zero-order valence-corrected chi connectivity index (χ0v) is 21.1. The van der Waals surface area contributed by atoms with Crippen LogP contribution in [0.5, 0.6) is 0 Å². The van der Waals surface area contributed by atoms with E-state index in [0.29, 0.717) is 5.69 Å². The Morgan fingerprint density at radius 2 is 1.74 bits per heavy atom. The number of benzene rings is 2. The van der Waals surface area contributed by atoms with Crippen LogP contribution in [0.25, 0.3) is 0 Å². The molecule has 2 amide bonds. The van der Waals surface area contributed by atoms with Crippen molar-refractivity contribution in [3.05, 3.63) is 59.9 Å². The molecular weight excluding hydrogens is 489 g/mol. The number of carbonyl (C=O) groups excluding carboxylic acids is 2. The predicted octanol–water partition coefficient (Wildman–Crippen LogP) is 4.74. The molecule has 186 valence electrons. The van der Waals surface area contributed by atoms with Gasteiger partial charge in [0, 0.05) is 18.2 Å². The normalized spacial score (nSPS) is 20.4. The average molecular weight is 518 g/mol. The molecule has 1 atom stereocenters. The Morgan fingerprint density at radius 1 is 1.09 bits per heavy atom. The highest BCUT2D eigenvalue weighted by Gasteiger charge is 2.43. The Kier molecular flexibility index (Phi) is 7.91. The molecule has 10 heteroatoms. The Morgan fingerprint density at radius 3 is 2.37 bits per heavy atom. The third-order valence-electron chi connectivity index (χ3n) is 6.23. The summed E-state index contributed by atoms with van der Waals surface area (Å²) < 4.78 is 43.4. The molecule has 1 saturated heterocycles. The smallest absolute Gasteiger partial charge is 0.284 e. The van der Waals surface area contributed by atoms with E-state index in [4.69, 9.17) is 0 Å². The molecule has 2 aromatic rings. The van der Waals surface area contributed by atoms with E-state index < -0.39 is 27.0 Å². The van der Waals surface area contributed by atoms with Gasteiger partial charge in [-0.1, -0.05) is 50.1 Å². The number of nitrogens with zero attached hydrogens (tertiary/aromatic N) is 2. The van der Waals surface area contributed by atoms with Crippen LogP contribution in [-0.4, -0.2) is 41.6 Å². The van der Waals surface area contributed by atoms with Gasteiger partial charge in [-0.3, -0.25) is 14.5 Å². The van der Waals surface area contributed by atoms with E-state index in [9.17, 15) is 22.4 Å². The summed E-state index contributed by atoms with van der Waals surface area (Å²) in [6, 6.07) is 11.8. The maximum absolute atomic E-state index is 13.4. The summed E-state index contributed by atoms with van der Waals surface area (Å²) in [6.45, 7) is 1.99. The van der Waals surface area contributed by atoms with E-state index in [-0.39, 0.29) is 28.4 Å². The fourth-order valence-corrected chi connectivity index (χ4v) is 6.72. The van der Waals surface area contributed by atoms with Crippen LogP contribution in [-0.2, 0) is 26.0 Å². The minimum absolute atomic E-state index is 0.0661. The quantitative estimate of drug-likeness (QED) is 0.572. The number of amidine groups is 1. The van der Waals surface area contributed by atoms with Crippen LogP contribution >= 0.6 is 11.8 Å². The van der Waals surface area contributed by atoms with Gasteiger partial charge >= 0.3 is 0 Å². The number of nitrogens with one attached hydrogen (secondary N) is 1. The van der Waals surface area contributed by atoms with E-state index >= 15 is 0 Å². The number of sulfonamides is 1. The fourth-order valence-electron chi connectivity index (χ4n) is 4.32. The summed E-state index contributed by atoms with van der Waals surface area (Å²) in [5.41, 5.74) is 1.43. The lowest BCUT2D eigenvalue weighted by Crippen LogP contribution is -2.42. The van der Waals surface area contributed by atoms with Gasteiger partial charge in [-0.2, -0.15) is 8.42 Å². The van der Waals surface area contributed by atoms with Crippen molar-refractivity contribution in [1.82, 2.24) is 4.90 Å². The zero-order valence-electron chi connectivity index (χ0n) is 19.4. The van der Waals surface area contributed by atoms with E-state index in [2.05, 4.69) is 9.71 Å². The molecule has 35 heavy (non-hydrogen) atoms. The molecule has 2 aromatic carbocycles. The topological polar surface area (TPSA) is 95.9 Å². The summed E-state index contributed by atoms with van der Waals surface area (Å²) in [4.78, 5) is 27.5. The number of rotatable bonds is 7. The summed E-state index contributed by atoms with van der Waals surface area (Å²) in [7, 11) is -4.03. The molecule has 1 aliphatic heterocycles. The maximum Gasteiger partial charge on any atom is 0.284 e. The van der Waals surface area contributed by atoms with Crippen molar-refractivity contribution in [3.63, 3.8) is 0 Å². The van der Waals surface area contributed by atoms with Gasteiger partial charge in [0.1, 0.15) is 11.1 Å². The van der Waals surface area contributed by atoms with Crippen molar-refractivity contribution in [1.29, 1.82) is 0 Å². The van der Waals surface area contributed by atoms with Crippen molar-refractivity contribution in [2.45, 2.75) is 68.1 Å². The van der Waals surface area contributed by atoms with E-state index in [1.54, 1.807) is 12.1 Å². The monoisotopic (exact) mass is 517 g/mol. The maximum atomic E-state index is 13.4. The molecule has 2 fully saturated rings. The molecule has 1 saturated carbocycles. The minimum Gasteiger partial charge on any atom is -0.326 e. The van der Waals surface area contributed by atoms with Crippen LogP contribution in [0.1, 0.15) is 51.0 Å². The van der Waals surface area contributed by atoms with Crippen molar-refractivity contribution in [2.24, 2.45) is 4.40 Å². The first-order valence-corrected chi connectivity index (χ1v) is 14.1. The first kappa shape index (κ1) is 25.4. The van der Waals surface area contributed by atoms with Gasteiger partial charge in [0.25, 0.3) is 10.0 Å². The van der Waals surface area contributed by atoms with Crippen LogP contribution in [0.15, 0.2) is 57.8 Å². The highest BCUT2D eigenvalue weighted by molar-refractivity contribution is 8.16. The van der Waals surface area contributed by atoms with Crippen molar-refractivity contribution < 1.29 is 22.4 Å². The third kappa shape index (κ3) is 6.10. The van der Waals surface area contributed by atoms with Crippen LogP contribution in [0.2, 0.25) is 0 Å². The van der Waals surface area contributed by atoms with Gasteiger partial charge in [-0.05, 0) is 61.2 Å². The van der Waals surface area contributed by atoms with Gasteiger partial charge in [0.15, 0.2) is 5.17 Å². The molecule has 1 N–H and O–H groups in total. The van der Waals surface area contributed by atoms with E-state index in [1.807, 2.05) is 6.92 Å². The van der Waals surface area contributed by atoms with Crippen molar-refractivity contribution in [3.8, 4) is 0 Å². The van der Waals surface area contributed by atoms with Crippen molar-refractivity contribution >= 4 is 44.5 Å². The van der Waals surface area contributed by atoms with Crippen molar-refractivity contribution in [2.75, 3.05) is 5.32 Å². The molecule has 4 rings (SSSR count). The second-order valence-corrected chi connectivity index (χ2v) is 11.5. The van der Waals surface area contributed by atoms with Gasteiger partial charge in [0.05, 0.1) is 4.90 Å². The highest BCUT2D eigenvalue weighted by Crippen LogP contribution is 2.36. The lowest BCUT2D eigenvalue weighted by atomic mass is 9.94. The number of hydrogen-bond donors (Lipinski definition) is 1. The SMILES string of the molecule is CCc1ccc(S(=O)(=O)/N=C2/SC(CC(=O)Nc3ccc(F)cc3)C(=O)N2C2CCCCC2)cc1. The number of carbonyl (C=O) groups is 2. The third-order valence-corrected chi connectivity index (χ3v) is 8.78. The van der Waals surface area contributed by atoms with Crippen LogP contribution in [0.3, 0.4) is 0 Å². The Balaban J connectivity index is 1.57. The van der Waals surface area contributed by atoms with E-state index in [1.165, 1.54) is 41.3 Å². The largest absolute Gasteiger partial charge is 0.326 e. The summed E-state index contributed by atoms with van der Waals surface area (Å²) in [5.74, 6) is -1.13. The fraction of sp³-hybridized carbons (Fsp3) is 0.400. The summed E-state index contributed by atoms with van der Waals surface area (Å²) in [6.07, 6.45) is 5.16. The molecule has 0 radical (unpaired) electrons. The molecule has 1 unspecified atom stereocenters. The number of anilines is 1. The lowest BCUT2D eigenvalue weighted by molar-refractivity contribution is -0.130. The number of aryl methyl sites for hydroxylation is 1. The number of hydrogen-bond acceptors (Lipinski definition) is 5. The lowest BCUT2D eigenvalue weighted by Gasteiger charge is -2.30. The number of amides is 2. The summed E-state index contributed by atoms with van der Waals surface area (Å²) in [5, 5.41) is 2.01. The Hall–Kier alpha value is -2.72. The van der Waals surface area contributed by atoms with Crippen LogP contribution in [0.4, 0.5) is 10.1 Å². The zero-order chi connectivity index (χ0) is 25.0. The minimum atomic E-state index is -4.03. The molecule has 0 spiro atoms. The Labute approximate surface area is 209 Å². The molecule has 0 aromatic heterocycles. The average Bonchev–Trinajstić information content (AvgIpc) is 3.14. The van der Waals surface area contributed by atoms with Crippen LogP contribution in [0, 0.1) is 5.82 Å². The summed E-state index contributed by atoms with van der Waals surface area (Å²) >= 11 is 1.02. The molecule has 7 nitrogen and oxygen atoms in total. The first-order valence-electron chi connectivity index (χ1n) is 11.8. The second-order valence-electron chi connectivity index (χ2n) is 8.71. The Bertz CT molecular complexity index is 1210. The van der Waals surface area contributed by atoms with Gasteiger partial charge in [-0.15, -0.1) is 4.40 Å². The van der Waals surface area contributed by atoms with Gasteiger partial charge < -0.3 is 5.32 Å². The molecular formula is C25H28FN3O4S2. The molecule has 2 aliphatic rings. The molecule has 1 aliphatic carbocycles. The standard InChI is InChI=1S/C25H28FN3O4S2/c1-2-17-8-14-21(15-9-17)35(32,33)28-25-29(20-6-4-3-5-7-20)24(31)22(34-25)16-23(30)27-19-12-10-18(26)11-13-19/h8-15,20,22H,2-7,16H2,1H3,(H,27,30)/b28-25+. The molecule has 1 heterocycles. The number of halogens is 1. The number of thioether (sulfide) groups is 1. The van der Waals surface area contributed by atoms with Gasteiger partial charge in [0.2, 0.25) is 11.8 Å². The predicted molar refractivity (Wildman–Crippen MR) is 135 cm³/mol. The first-order chi connectivity index (χ1) is 16.8. The van der Waals surface area contributed by atoms with Crippen LogP contribution < -0.4 is 5.32 Å².